The average Bonchev–Trinajstić information content (AvgIpc) is 3.59. The Morgan fingerprint density at radius 1 is 0.595 bits per heavy atom. The standard InChI is InChI=1S/C37H28N4O/c1-26-18-19-28(40-25-39(27-11-3-2-4-12-27)33-15-7-8-16-34(33)40)23-36(26)42-29-20-21-31-30-13-5-6-14-32(30)41(35(31)24-29)37-17-9-10-22-38-37/h2-24H,25H2,1H3. The number of benzene rings is 5. The first kappa shape index (κ1) is 24.3. The van der Waals surface area contributed by atoms with Gasteiger partial charge in [-0.25, -0.2) is 4.98 Å². The Bertz CT molecular complexity index is 2070. The first-order valence-electron chi connectivity index (χ1n) is 14.2. The van der Waals surface area contributed by atoms with Crippen LogP contribution in [0.3, 0.4) is 0 Å². The summed E-state index contributed by atoms with van der Waals surface area (Å²) >= 11 is 0. The van der Waals surface area contributed by atoms with Crippen LogP contribution in [0, 0.1) is 6.92 Å². The highest BCUT2D eigenvalue weighted by Crippen LogP contribution is 2.45. The van der Waals surface area contributed by atoms with Crippen molar-refractivity contribution in [3.05, 3.63) is 145 Å². The van der Waals surface area contributed by atoms with E-state index < -0.39 is 0 Å². The number of nitrogens with zero attached hydrogens (tertiary/aromatic N) is 4. The third kappa shape index (κ3) is 3.98. The summed E-state index contributed by atoms with van der Waals surface area (Å²) in [4.78, 5) is 9.36. The second-order valence-electron chi connectivity index (χ2n) is 10.6. The molecular weight excluding hydrogens is 516 g/mol. The Labute approximate surface area is 244 Å². The summed E-state index contributed by atoms with van der Waals surface area (Å²) in [5.74, 6) is 2.51. The van der Waals surface area contributed by atoms with Crippen LogP contribution in [0.25, 0.3) is 27.6 Å². The molecule has 0 saturated carbocycles. The van der Waals surface area contributed by atoms with Gasteiger partial charge in [0.25, 0.3) is 0 Å². The van der Waals surface area contributed by atoms with Gasteiger partial charge in [-0.3, -0.25) is 4.57 Å². The van der Waals surface area contributed by atoms with Crippen molar-refractivity contribution < 1.29 is 4.74 Å². The third-order valence-corrected chi connectivity index (χ3v) is 8.05. The summed E-state index contributed by atoms with van der Waals surface area (Å²) in [6.45, 7) is 2.82. The van der Waals surface area contributed by atoms with E-state index in [0.29, 0.717) is 0 Å². The number of aryl methyl sites for hydroxylation is 1. The molecule has 0 spiro atoms. The van der Waals surface area contributed by atoms with Gasteiger partial charge in [0, 0.05) is 40.5 Å². The van der Waals surface area contributed by atoms with E-state index in [4.69, 9.17) is 4.74 Å². The van der Waals surface area contributed by atoms with E-state index in [2.05, 4.69) is 142 Å². The Morgan fingerprint density at radius 2 is 1.31 bits per heavy atom. The van der Waals surface area contributed by atoms with E-state index in [1.165, 1.54) is 27.8 Å². The Balaban J connectivity index is 1.18. The predicted molar refractivity (Wildman–Crippen MR) is 172 cm³/mol. The van der Waals surface area contributed by atoms with Crippen LogP contribution in [0.1, 0.15) is 5.56 Å². The molecule has 0 aliphatic carbocycles. The van der Waals surface area contributed by atoms with Crippen LogP contribution in [0.2, 0.25) is 0 Å². The highest BCUT2D eigenvalue weighted by molar-refractivity contribution is 6.09. The lowest BCUT2D eigenvalue weighted by atomic mass is 10.1. The van der Waals surface area contributed by atoms with Crippen molar-refractivity contribution in [3.63, 3.8) is 0 Å². The monoisotopic (exact) mass is 544 g/mol. The lowest BCUT2D eigenvalue weighted by molar-refractivity contribution is 0.479. The molecule has 42 heavy (non-hydrogen) atoms. The number of para-hydroxylation sites is 4. The van der Waals surface area contributed by atoms with E-state index in [9.17, 15) is 0 Å². The first-order valence-corrected chi connectivity index (χ1v) is 14.2. The van der Waals surface area contributed by atoms with E-state index in [1.54, 1.807) is 0 Å². The number of rotatable bonds is 5. The Hall–Kier alpha value is -5.55. The quantitative estimate of drug-likeness (QED) is 0.216. The van der Waals surface area contributed by atoms with Crippen molar-refractivity contribution >= 4 is 44.6 Å². The number of anilines is 4. The van der Waals surface area contributed by atoms with Crippen molar-refractivity contribution in [2.45, 2.75) is 6.92 Å². The molecule has 0 saturated heterocycles. The van der Waals surface area contributed by atoms with Crippen LogP contribution in [0.15, 0.2) is 140 Å². The molecule has 5 aromatic carbocycles. The number of fused-ring (bicyclic) bond motifs is 4. The summed E-state index contributed by atoms with van der Waals surface area (Å²) in [6.07, 6.45) is 1.83. The van der Waals surface area contributed by atoms with Gasteiger partial charge >= 0.3 is 0 Å². The molecule has 2 aromatic heterocycles. The van der Waals surface area contributed by atoms with E-state index in [-0.39, 0.29) is 0 Å². The third-order valence-electron chi connectivity index (χ3n) is 8.05. The number of ether oxygens (including phenoxy) is 1. The van der Waals surface area contributed by atoms with Crippen LogP contribution in [-0.2, 0) is 0 Å². The molecule has 0 atom stereocenters. The van der Waals surface area contributed by atoms with Crippen molar-refractivity contribution in [2.75, 3.05) is 16.5 Å². The molecule has 0 amide bonds. The Kier molecular flexibility index (Phi) is 5.67. The minimum absolute atomic E-state index is 0.724. The van der Waals surface area contributed by atoms with Crippen LogP contribution in [0.4, 0.5) is 22.7 Å². The lowest BCUT2D eigenvalue weighted by Crippen LogP contribution is -2.23. The fourth-order valence-electron chi connectivity index (χ4n) is 6.00. The average molecular weight is 545 g/mol. The fraction of sp³-hybridized carbons (Fsp3) is 0.0541. The zero-order valence-corrected chi connectivity index (χ0v) is 23.2. The van der Waals surface area contributed by atoms with Gasteiger partial charge in [0.2, 0.25) is 0 Å². The summed E-state index contributed by atoms with van der Waals surface area (Å²) in [7, 11) is 0. The molecule has 1 aliphatic heterocycles. The summed E-state index contributed by atoms with van der Waals surface area (Å²) < 4.78 is 8.84. The summed E-state index contributed by atoms with van der Waals surface area (Å²) in [5, 5.41) is 2.36. The molecule has 0 radical (unpaired) electrons. The first-order chi connectivity index (χ1) is 20.7. The van der Waals surface area contributed by atoms with E-state index in [1.807, 2.05) is 24.4 Å². The van der Waals surface area contributed by atoms with Crippen molar-refractivity contribution in [1.29, 1.82) is 0 Å². The van der Waals surface area contributed by atoms with Crippen LogP contribution in [0.5, 0.6) is 11.5 Å². The predicted octanol–water partition coefficient (Wildman–Crippen LogP) is 9.53. The zero-order valence-electron chi connectivity index (χ0n) is 23.2. The molecule has 8 rings (SSSR count). The van der Waals surface area contributed by atoms with Gasteiger partial charge < -0.3 is 14.5 Å². The maximum Gasteiger partial charge on any atom is 0.137 e. The molecule has 5 heteroatoms. The van der Waals surface area contributed by atoms with Crippen molar-refractivity contribution in [2.24, 2.45) is 0 Å². The molecule has 7 aromatic rings. The SMILES string of the molecule is Cc1ccc(N2CN(c3ccccc3)c3ccccc32)cc1Oc1ccc2c3ccccc3n(-c3ccccn3)c2c1. The smallest absolute Gasteiger partial charge is 0.137 e. The van der Waals surface area contributed by atoms with Gasteiger partial charge in [0.05, 0.1) is 22.4 Å². The van der Waals surface area contributed by atoms with Crippen molar-refractivity contribution in [3.8, 4) is 17.3 Å². The number of hydrogen-bond donors (Lipinski definition) is 0. The molecule has 202 valence electrons. The van der Waals surface area contributed by atoms with Crippen molar-refractivity contribution in [1.82, 2.24) is 9.55 Å². The summed E-state index contributed by atoms with van der Waals surface area (Å²) in [6, 6.07) is 46.4. The van der Waals surface area contributed by atoms with Crippen LogP contribution >= 0.6 is 0 Å². The second-order valence-corrected chi connectivity index (χ2v) is 10.6. The lowest BCUT2D eigenvalue weighted by Gasteiger charge is -2.23. The fourth-order valence-corrected chi connectivity index (χ4v) is 6.00. The van der Waals surface area contributed by atoms with E-state index >= 15 is 0 Å². The minimum Gasteiger partial charge on any atom is -0.457 e. The van der Waals surface area contributed by atoms with Gasteiger partial charge in [-0.2, -0.15) is 0 Å². The zero-order chi connectivity index (χ0) is 28.0. The van der Waals surface area contributed by atoms with Crippen LogP contribution in [-0.4, -0.2) is 16.2 Å². The maximum atomic E-state index is 6.63. The van der Waals surface area contributed by atoms with Gasteiger partial charge in [-0.05, 0) is 73.2 Å². The Morgan fingerprint density at radius 3 is 2.12 bits per heavy atom. The highest BCUT2D eigenvalue weighted by Gasteiger charge is 2.28. The van der Waals surface area contributed by atoms with E-state index in [0.717, 1.165) is 46.3 Å². The molecular formula is C37H28N4O. The maximum absolute atomic E-state index is 6.63. The number of aromatic nitrogens is 2. The van der Waals surface area contributed by atoms with Gasteiger partial charge in [0.15, 0.2) is 0 Å². The highest BCUT2D eigenvalue weighted by atomic mass is 16.5. The molecule has 1 aliphatic rings. The normalized spacial score (nSPS) is 12.7. The second kappa shape index (κ2) is 9.82. The van der Waals surface area contributed by atoms with Gasteiger partial charge in [-0.15, -0.1) is 0 Å². The van der Waals surface area contributed by atoms with Gasteiger partial charge in [0.1, 0.15) is 24.0 Å². The topological polar surface area (TPSA) is 33.5 Å². The molecule has 0 bridgehead atoms. The largest absolute Gasteiger partial charge is 0.457 e. The molecule has 3 heterocycles. The molecule has 0 fully saturated rings. The number of pyridine rings is 1. The van der Waals surface area contributed by atoms with Crippen LogP contribution < -0.4 is 14.5 Å². The molecule has 0 unspecified atom stereocenters. The number of hydrogen-bond acceptors (Lipinski definition) is 4. The minimum atomic E-state index is 0.724. The van der Waals surface area contributed by atoms with Gasteiger partial charge in [-0.1, -0.05) is 60.7 Å². The molecule has 5 nitrogen and oxygen atoms in total. The molecule has 0 N–H and O–H groups in total. The summed E-state index contributed by atoms with van der Waals surface area (Å²) in [5.41, 5.74) is 7.90.